The lowest BCUT2D eigenvalue weighted by molar-refractivity contribution is 0.0659. The highest BCUT2D eigenvalue weighted by Crippen LogP contribution is 2.17. The Labute approximate surface area is 98.7 Å². The first-order chi connectivity index (χ1) is 7.24. The molecule has 1 saturated heterocycles. The molecule has 1 rings (SSSR count). The second kappa shape index (κ2) is 7.06. The third-order valence-electron chi connectivity index (χ3n) is 2.66. The Morgan fingerprint density at radius 2 is 2.13 bits per heavy atom. The first-order valence-electron chi connectivity index (χ1n) is 5.35. The molecule has 0 saturated carbocycles. The molecule has 15 heavy (non-hydrogen) atoms. The van der Waals surface area contributed by atoms with Gasteiger partial charge < -0.3 is 14.7 Å². The Hall–Kier alpha value is -0.290. The number of alkyl halides is 1. The van der Waals surface area contributed by atoms with Crippen molar-refractivity contribution in [3.8, 4) is 0 Å². The van der Waals surface area contributed by atoms with E-state index in [1.54, 1.807) is 0 Å². The van der Waals surface area contributed by atoms with Gasteiger partial charge >= 0.3 is 6.09 Å². The number of piperidine rings is 1. The summed E-state index contributed by atoms with van der Waals surface area (Å²) in [6.45, 7) is 2.88. The first-order valence-corrected chi connectivity index (χ1v) is 6.47. The standard InChI is InChI=1S/C10H18BrNO3/c11-4-1-7-15-8-9-2-5-12(6-3-9)10(13)14/h9H,1-8H2,(H,13,14). The van der Waals surface area contributed by atoms with Gasteiger partial charge in [0.2, 0.25) is 0 Å². The third-order valence-corrected chi connectivity index (χ3v) is 3.22. The molecule has 4 nitrogen and oxygen atoms in total. The SMILES string of the molecule is O=C(O)N1CCC(COCCCBr)CC1. The minimum absolute atomic E-state index is 0.538. The van der Waals surface area contributed by atoms with Crippen LogP contribution in [-0.4, -0.2) is 47.7 Å². The van der Waals surface area contributed by atoms with Gasteiger partial charge in [-0.25, -0.2) is 4.79 Å². The van der Waals surface area contributed by atoms with Crippen LogP contribution in [0, 0.1) is 5.92 Å². The Bertz CT molecular complexity index is 193. The van der Waals surface area contributed by atoms with E-state index < -0.39 is 6.09 Å². The lowest BCUT2D eigenvalue weighted by atomic mass is 9.98. The molecule has 0 aromatic rings. The fraction of sp³-hybridized carbons (Fsp3) is 0.900. The van der Waals surface area contributed by atoms with Crippen LogP contribution in [-0.2, 0) is 4.74 Å². The summed E-state index contributed by atoms with van der Waals surface area (Å²) in [4.78, 5) is 12.1. The van der Waals surface area contributed by atoms with Crippen molar-refractivity contribution in [3.05, 3.63) is 0 Å². The Kier molecular flexibility index (Phi) is 6.02. The van der Waals surface area contributed by atoms with Crippen molar-refractivity contribution < 1.29 is 14.6 Å². The molecule has 0 spiro atoms. The van der Waals surface area contributed by atoms with Gasteiger partial charge in [-0.2, -0.15) is 0 Å². The van der Waals surface area contributed by atoms with Crippen LogP contribution in [0.15, 0.2) is 0 Å². The molecule has 0 aromatic heterocycles. The van der Waals surface area contributed by atoms with Crippen molar-refractivity contribution >= 4 is 22.0 Å². The molecule has 1 N–H and O–H groups in total. The molecule has 0 unspecified atom stereocenters. The smallest absolute Gasteiger partial charge is 0.407 e. The minimum Gasteiger partial charge on any atom is -0.465 e. The Morgan fingerprint density at radius 1 is 1.47 bits per heavy atom. The molecular formula is C10H18BrNO3. The second-order valence-electron chi connectivity index (χ2n) is 3.83. The number of halogens is 1. The number of hydrogen-bond donors (Lipinski definition) is 1. The monoisotopic (exact) mass is 279 g/mol. The summed E-state index contributed by atoms with van der Waals surface area (Å²) in [6, 6.07) is 0. The summed E-state index contributed by atoms with van der Waals surface area (Å²) >= 11 is 3.35. The highest BCUT2D eigenvalue weighted by atomic mass is 79.9. The van der Waals surface area contributed by atoms with E-state index in [-0.39, 0.29) is 0 Å². The number of hydrogen-bond acceptors (Lipinski definition) is 2. The highest BCUT2D eigenvalue weighted by molar-refractivity contribution is 9.09. The summed E-state index contributed by atoms with van der Waals surface area (Å²) < 4.78 is 5.51. The van der Waals surface area contributed by atoms with E-state index >= 15 is 0 Å². The molecule has 5 heteroatoms. The van der Waals surface area contributed by atoms with Gasteiger partial charge in [-0.3, -0.25) is 0 Å². The van der Waals surface area contributed by atoms with Crippen LogP contribution in [0.5, 0.6) is 0 Å². The lowest BCUT2D eigenvalue weighted by Gasteiger charge is -2.29. The van der Waals surface area contributed by atoms with E-state index in [9.17, 15) is 4.79 Å². The van der Waals surface area contributed by atoms with Crippen LogP contribution in [0.3, 0.4) is 0 Å². The number of nitrogens with zero attached hydrogens (tertiary/aromatic N) is 1. The summed E-state index contributed by atoms with van der Waals surface area (Å²) in [5, 5.41) is 9.74. The maximum Gasteiger partial charge on any atom is 0.407 e. The second-order valence-corrected chi connectivity index (χ2v) is 4.62. The van der Waals surface area contributed by atoms with E-state index in [1.807, 2.05) is 0 Å². The quantitative estimate of drug-likeness (QED) is 0.620. The lowest BCUT2D eigenvalue weighted by Crippen LogP contribution is -2.38. The highest BCUT2D eigenvalue weighted by Gasteiger charge is 2.21. The van der Waals surface area contributed by atoms with E-state index in [0.717, 1.165) is 37.8 Å². The summed E-state index contributed by atoms with van der Waals surface area (Å²) in [7, 11) is 0. The van der Waals surface area contributed by atoms with Crippen LogP contribution in [0.25, 0.3) is 0 Å². The van der Waals surface area contributed by atoms with Gasteiger partial charge in [-0.15, -0.1) is 0 Å². The van der Waals surface area contributed by atoms with Crippen LogP contribution in [0.1, 0.15) is 19.3 Å². The maximum atomic E-state index is 10.6. The number of carboxylic acid groups (broad SMARTS) is 1. The first kappa shape index (κ1) is 12.8. The fourth-order valence-corrected chi connectivity index (χ4v) is 1.93. The molecule has 0 radical (unpaired) electrons. The normalized spacial score (nSPS) is 18.1. The molecule has 1 aliphatic rings. The molecule has 0 bridgehead atoms. The molecular weight excluding hydrogens is 262 g/mol. The van der Waals surface area contributed by atoms with E-state index in [0.29, 0.717) is 19.0 Å². The maximum absolute atomic E-state index is 10.6. The van der Waals surface area contributed by atoms with Crippen molar-refractivity contribution in [1.82, 2.24) is 4.90 Å². The van der Waals surface area contributed by atoms with Gasteiger partial charge in [0.15, 0.2) is 0 Å². The molecule has 0 aliphatic carbocycles. The van der Waals surface area contributed by atoms with E-state index in [1.165, 1.54) is 4.90 Å². The number of carbonyl (C=O) groups is 1. The summed E-state index contributed by atoms with van der Waals surface area (Å²) in [5.41, 5.74) is 0. The van der Waals surface area contributed by atoms with Gasteiger partial charge in [0, 0.05) is 31.6 Å². The average molecular weight is 280 g/mol. The van der Waals surface area contributed by atoms with Crippen molar-refractivity contribution in [2.24, 2.45) is 5.92 Å². The number of likely N-dealkylation sites (tertiary alicyclic amines) is 1. The van der Waals surface area contributed by atoms with Crippen LogP contribution < -0.4 is 0 Å². The van der Waals surface area contributed by atoms with Crippen molar-refractivity contribution in [1.29, 1.82) is 0 Å². The molecule has 1 aliphatic heterocycles. The third kappa shape index (κ3) is 4.84. The predicted molar refractivity (Wildman–Crippen MR) is 61.6 cm³/mol. The molecule has 1 heterocycles. The van der Waals surface area contributed by atoms with Gasteiger partial charge in [-0.1, -0.05) is 15.9 Å². The van der Waals surface area contributed by atoms with Crippen LogP contribution in [0.2, 0.25) is 0 Å². The zero-order chi connectivity index (χ0) is 11.1. The minimum atomic E-state index is -0.798. The zero-order valence-corrected chi connectivity index (χ0v) is 10.4. The van der Waals surface area contributed by atoms with Crippen molar-refractivity contribution in [2.45, 2.75) is 19.3 Å². The van der Waals surface area contributed by atoms with Crippen LogP contribution >= 0.6 is 15.9 Å². The van der Waals surface area contributed by atoms with Crippen LogP contribution in [0.4, 0.5) is 4.79 Å². The fourth-order valence-electron chi connectivity index (χ4n) is 1.70. The van der Waals surface area contributed by atoms with Crippen molar-refractivity contribution in [2.75, 3.05) is 31.6 Å². The van der Waals surface area contributed by atoms with Gasteiger partial charge in [0.1, 0.15) is 0 Å². The van der Waals surface area contributed by atoms with Crippen molar-refractivity contribution in [3.63, 3.8) is 0 Å². The Balaban J connectivity index is 2.07. The molecule has 1 fully saturated rings. The van der Waals surface area contributed by atoms with Gasteiger partial charge in [-0.05, 0) is 25.2 Å². The Morgan fingerprint density at radius 3 is 2.67 bits per heavy atom. The molecule has 0 atom stereocenters. The summed E-state index contributed by atoms with van der Waals surface area (Å²) in [6.07, 6.45) is 2.10. The largest absolute Gasteiger partial charge is 0.465 e. The zero-order valence-electron chi connectivity index (χ0n) is 8.82. The van der Waals surface area contributed by atoms with Gasteiger partial charge in [0.05, 0.1) is 0 Å². The number of rotatable bonds is 5. The number of amides is 1. The molecule has 88 valence electrons. The molecule has 0 aromatic carbocycles. The average Bonchev–Trinajstić information content (AvgIpc) is 2.25. The van der Waals surface area contributed by atoms with E-state index in [2.05, 4.69) is 15.9 Å². The predicted octanol–water partition coefficient (Wildman–Crippen LogP) is 2.18. The topological polar surface area (TPSA) is 49.8 Å². The summed E-state index contributed by atoms with van der Waals surface area (Å²) in [5.74, 6) is 0.538. The van der Waals surface area contributed by atoms with E-state index in [4.69, 9.17) is 9.84 Å². The number of ether oxygens (including phenoxy) is 1. The molecule has 1 amide bonds. The van der Waals surface area contributed by atoms with Gasteiger partial charge in [0.25, 0.3) is 0 Å².